The maximum absolute atomic E-state index is 13.2. The van der Waals surface area contributed by atoms with Crippen LogP contribution in [0.1, 0.15) is 37.2 Å². The molecular formula is C25H25ClN2O. The summed E-state index contributed by atoms with van der Waals surface area (Å²) in [7, 11) is 1.68. The van der Waals surface area contributed by atoms with E-state index in [-0.39, 0.29) is 11.7 Å². The smallest absolute Gasteiger partial charge is 0.182 e. The monoisotopic (exact) mass is 404 g/mol. The third-order valence-corrected chi connectivity index (χ3v) is 6.19. The minimum absolute atomic E-state index is 0.0149. The van der Waals surface area contributed by atoms with Crippen LogP contribution in [0.2, 0.25) is 0 Å². The summed E-state index contributed by atoms with van der Waals surface area (Å²) in [5.74, 6) is 0.658. The molecule has 0 saturated heterocycles. The number of aliphatic imine (C=N–C) groups is 1. The van der Waals surface area contributed by atoms with Gasteiger partial charge in [-0.1, -0.05) is 60.6 Å². The van der Waals surface area contributed by atoms with Crippen molar-refractivity contribution in [2.24, 2.45) is 10.9 Å². The lowest BCUT2D eigenvalue weighted by atomic mass is 9.76. The van der Waals surface area contributed by atoms with Crippen molar-refractivity contribution in [3.63, 3.8) is 0 Å². The van der Waals surface area contributed by atoms with Gasteiger partial charge in [0.15, 0.2) is 5.78 Å². The second kappa shape index (κ2) is 8.38. The zero-order chi connectivity index (χ0) is 20.4. The first-order valence-corrected chi connectivity index (χ1v) is 10.5. The lowest BCUT2D eigenvalue weighted by molar-refractivity contribution is -0.121. The molecule has 1 fully saturated rings. The number of Topliss-reactive ketones (excluding diaryl/α,β-unsaturated/α-hetero) is 1. The lowest BCUT2D eigenvalue weighted by Crippen LogP contribution is -2.32. The van der Waals surface area contributed by atoms with Crippen LogP contribution in [0.5, 0.6) is 0 Å². The number of hydrogen-bond acceptors (Lipinski definition) is 2. The van der Waals surface area contributed by atoms with Gasteiger partial charge in [-0.05, 0) is 60.1 Å². The summed E-state index contributed by atoms with van der Waals surface area (Å²) in [6, 6.07) is 15.2. The molecule has 0 aromatic heterocycles. The maximum atomic E-state index is 13.2. The zero-order valence-corrected chi connectivity index (χ0v) is 17.4. The highest BCUT2D eigenvalue weighted by Crippen LogP contribution is 2.39. The number of ketones is 1. The molecule has 1 saturated carbocycles. The summed E-state index contributed by atoms with van der Waals surface area (Å²) in [5.41, 5.74) is 2.61. The summed E-state index contributed by atoms with van der Waals surface area (Å²) in [5, 5.41) is 3.08. The molecular weight excluding hydrogens is 380 g/mol. The Bertz CT molecular complexity index is 1040. The van der Waals surface area contributed by atoms with Crippen molar-refractivity contribution in [1.29, 1.82) is 0 Å². The van der Waals surface area contributed by atoms with Gasteiger partial charge in [0.2, 0.25) is 0 Å². The standard InChI is InChI=1S/C25H25ClN2O/c1-17-13-23(26)15-24(28(17)16-27-2)25(29)20-10-7-19(8-11-20)22-12-9-18-5-3-4-6-21(18)14-22/h3-6,9,12-16,19-20H,1,7-8,10-11H2,2H3. The van der Waals surface area contributed by atoms with Gasteiger partial charge in [-0.25, -0.2) is 0 Å². The van der Waals surface area contributed by atoms with Crippen LogP contribution in [0.4, 0.5) is 0 Å². The highest BCUT2D eigenvalue weighted by molar-refractivity contribution is 6.32. The van der Waals surface area contributed by atoms with Crippen LogP contribution in [0, 0.1) is 5.92 Å². The van der Waals surface area contributed by atoms with Crippen molar-refractivity contribution >= 4 is 34.5 Å². The van der Waals surface area contributed by atoms with Gasteiger partial charge in [0.05, 0.1) is 12.0 Å². The molecule has 0 spiro atoms. The average Bonchev–Trinajstić information content (AvgIpc) is 2.75. The number of benzene rings is 2. The van der Waals surface area contributed by atoms with Crippen LogP contribution in [0.15, 0.2) is 82.6 Å². The third kappa shape index (κ3) is 4.06. The summed E-state index contributed by atoms with van der Waals surface area (Å²) in [6.45, 7) is 4.00. The molecule has 0 atom stereocenters. The molecule has 4 rings (SSSR count). The molecule has 2 aromatic rings. The first kappa shape index (κ1) is 19.7. The topological polar surface area (TPSA) is 32.7 Å². The predicted octanol–water partition coefficient (Wildman–Crippen LogP) is 6.18. The Labute approximate surface area is 177 Å². The van der Waals surface area contributed by atoms with Gasteiger partial charge < -0.3 is 0 Å². The normalized spacial score (nSPS) is 22.7. The molecule has 1 aliphatic heterocycles. The SMILES string of the molecule is C=C1C=C(Cl)C=C(C(=O)C2CCC(c3ccc4ccccc4c3)CC2)N1C=NC. The summed E-state index contributed by atoms with van der Waals surface area (Å²) >= 11 is 6.21. The fraction of sp³-hybridized carbons (Fsp3) is 0.280. The number of fused-ring (bicyclic) bond motifs is 1. The largest absolute Gasteiger partial charge is 0.298 e. The van der Waals surface area contributed by atoms with E-state index < -0.39 is 0 Å². The van der Waals surface area contributed by atoms with E-state index in [9.17, 15) is 4.79 Å². The van der Waals surface area contributed by atoms with Crippen molar-refractivity contribution in [3.05, 3.63) is 83.2 Å². The third-order valence-electron chi connectivity index (χ3n) is 5.97. The number of nitrogens with zero attached hydrogens (tertiary/aromatic N) is 2. The summed E-state index contributed by atoms with van der Waals surface area (Å²) in [4.78, 5) is 19.1. The van der Waals surface area contributed by atoms with E-state index in [1.54, 1.807) is 30.4 Å². The predicted molar refractivity (Wildman–Crippen MR) is 121 cm³/mol. The molecule has 0 amide bonds. The Morgan fingerprint density at radius 1 is 1.10 bits per heavy atom. The van der Waals surface area contributed by atoms with E-state index in [1.165, 1.54) is 16.3 Å². The van der Waals surface area contributed by atoms with E-state index in [0.29, 0.717) is 22.3 Å². The Balaban J connectivity index is 1.47. The molecule has 2 aliphatic rings. The lowest BCUT2D eigenvalue weighted by Gasteiger charge is -2.32. The zero-order valence-electron chi connectivity index (χ0n) is 16.6. The van der Waals surface area contributed by atoms with E-state index >= 15 is 0 Å². The molecule has 0 unspecified atom stereocenters. The molecule has 0 bridgehead atoms. The van der Waals surface area contributed by atoms with E-state index in [2.05, 4.69) is 54.0 Å². The van der Waals surface area contributed by atoms with Crippen molar-refractivity contribution in [2.45, 2.75) is 31.6 Å². The van der Waals surface area contributed by atoms with Gasteiger partial charge in [0, 0.05) is 23.7 Å². The number of rotatable bonds is 4. The number of hydrogen-bond donors (Lipinski definition) is 0. The van der Waals surface area contributed by atoms with Gasteiger partial charge >= 0.3 is 0 Å². The molecule has 1 heterocycles. The Morgan fingerprint density at radius 3 is 2.55 bits per heavy atom. The number of carbonyl (C=O) groups excluding carboxylic acids is 1. The molecule has 2 aromatic carbocycles. The van der Waals surface area contributed by atoms with Crippen molar-refractivity contribution in [3.8, 4) is 0 Å². The number of halogens is 1. The minimum Gasteiger partial charge on any atom is -0.298 e. The van der Waals surface area contributed by atoms with Crippen molar-refractivity contribution in [2.75, 3.05) is 7.05 Å². The van der Waals surface area contributed by atoms with E-state index in [4.69, 9.17) is 11.6 Å². The molecule has 1 aliphatic carbocycles. The van der Waals surface area contributed by atoms with Crippen molar-refractivity contribution < 1.29 is 4.79 Å². The Morgan fingerprint density at radius 2 is 1.83 bits per heavy atom. The molecule has 148 valence electrons. The van der Waals surface area contributed by atoms with Crippen molar-refractivity contribution in [1.82, 2.24) is 4.90 Å². The minimum atomic E-state index is 0.0149. The van der Waals surface area contributed by atoms with Crippen LogP contribution in [-0.4, -0.2) is 24.1 Å². The van der Waals surface area contributed by atoms with Gasteiger partial charge in [0.25, 0.3) is 0 Å². The maximum Gasteiger partial charge on any atom is 0.182 e. The summed E-state index contributed by atoms with van der Waals surface area (Å²) in [6.07, 6.45) is 8.93. The fourth-order valence-electron chi connectivity index (χ4n) is 4.43. The second-order valence-corrected chi connectivity index (χ2v) is 8.25. The Kier molecular flexibility index (Phi) is 5.68. The highest BCUT2D eigenvalue weighted by atomic mass is 35.5. The van der Waals surface area contributed by atoms with Crippen LogP contribution < -0.4 is 0 Å². The molecule has 29 heavy (non-hydrogen) atoms. The number of carbonyl (C=O) groups is 1. The highest BCUT2D eigenvalue weighted by Gasteiger charge is 2.32. The average molecular weight is 405 g/mol. The molecule has 4 heteroatoms. The van der Waals surface area contributed by atoms with Gasteiger partial charge in [-0.2, -0.15) is 0 Å². The molecule has 0 radical (unpaired) electrons. The van der Waals surface area contributed by atoms with E-state index in [0.717, 1.165) is 25.7 Å². The van der Waals surface area contributed by atoms with Crippen LogP contribution in [-0.2, 0) is 4.79 Å². The Hall–Kier alpha value is -2.65. The van der Waals surface area contributed by atoms with Gasteiger partial charge in [-0.3, -0.25) is 14.7 Å². The quantitative estimate of drug-likeness (QED) is 0.450. The number of allylic oxidation sites excluding steroid dienone is 4. The first-order valence-electron chi connectivity index (χ1n) is 10.1. The molecule has 0 N–H and O–H groups in total. The van der Waals surface area contributed by atoms with Crippen LogP contribution in [0.3, 0.4) is 0 Å². The van der Waals surface area contributed by atoms with Crippen LogP contribution >= 0.6 is 11.6 Å². The second-order valence-electron chi connectivity index (χ2n) is 7.81. The summed E-state index contributed by atoms with van der Waals surface area (Å²) < 4.78 is 0. The molecule has 3 nitrogen and oxygen atoms in total. The van der Waals surface area contributed by atoms with Gasteiger partial charge in [-0.15, -0.1) is 0 Å². The van der Waals surface area contributed by atoms with E-state index in [1.807, 2.05) is 0 Å². The van der Waals surface area contributed by atoms with Crippen LogP contribution in [0.25, 0.3) is 10.8 Å². The first-order chi connectivity index (χ1) is 14.1. The van der Waals surface area contributed by atoms with Gasteiger partial charge in [0.1, 0.15) is 0 Å². The fourth-order valence-corrected chi connectivity index (χ4v) is 4.66.